The third kappa shape index (κ3) is 6.09. The maximum atomic E-state index is 13.2. The first kappa shape index (κ1) is 27.8. The van der Waals surface area contributed by atoms with Crippen molar-refractivity contribution < 1.29 is 33.5 Å². The average molecular weight is 567 g/mol. The molecule has 3 unspecified atom stereocenters. The Morgan fingerprint density at radius 3 is 2.55 bits per heavy atom. The van der Waals surface area contributed by atoms with Crippen molar-refractivity contribution in [1.29, 1.82) is 0 Å². The fraction of sp³-hybridized carbons (Fsp3) is 0.609. The van der Waals surface area contributed by atoms with Crippen LogP contribution in [0.4, 0.5) is 5.13 Å². The normalized spacial score (nSPS) is 24.3. The molecule has 2 amide bonds. The van der Waals surface area contributed by atoms with Crippen LogP contribution >= 0.6 is 23.3 Å². The summed E-state index contributed by atoms with van der Waals surface area (Å²) in [6, 6.07) is -0.935. The molecule has 2 fully saturated rings. The van der Waals surface area contributed by atoms with Crippen LogP contribution in [-0.2, 0) is 33.5 Å². The second kappa shape index (κ2) is 11.7. The van der Waals surface area contributed by atoms with Crippen molar-refractivity contribution in [2.24, 2.45) is 11.1 Å². The number of nitrogens with two attached hydrogens (primary N) is 1. The third-order valence-corrected chi connectivity index (χ3v) is 7.91. The van der Waals surface area contributed by atoms with E-state index in [1.54, 1.807) is 19.9 Å². The molecule has 4 atom stereocenters. The second-order valence-corrected chi connectivity index (χ2v) is 11.7. The van der Waals surface area contributed by atoms with Crippen molar-refractivity contribution in [3.8, 4) is 0 Å². The van der Waals surface area contributed by atoms with Crippen molar-refractivity contribution in [3.05, 3.63) is 17.6 Å². The quantitative estimate of drug-likeness (QED) is 0.146. The number of hydrogen-bond acceptors (Lipinski definition) is 13. The summed E-state index contributed by atoms with van der Waals surface area (Å²) >= 11 is 2.30. The zero-order valence-corrected chi connectivity index (χ0v) is 23.0. The number of oxime groups is 1. The predicted octanol–water partition coefficient (Wildman–Crippen LogP) is 1.54. The van der Waals surface area contributed by atoms with Crippen LogP contribution in [0.1, 0.15) is 59.2 Å². The number of carbonyl (C=O) groups is 4. The lowest BCUT2D eigenvalue weighted by Crippen LogP contribution is -2.71. The van der Waals surface area contributed by atoms with E-state index in [9.17, 15) is 19.2 Å². The van der Waals surface area contributed by atoms with E-state index < -0.39 is 41.5 Å². The maximum Gasteiger partial charge on any atom is 0.357 e. The lowest BCUT2D eigenvalue weighted by atomic mass is 10.0. The van der Waals surface area contributed by atoms with E-state index in [-0.39, 0.29) is 39.6 Å². The number of hydrogen-bond donors (Lipinski definition) is 2. The molecule has 1 saturated carbocycles. The molecule has 1 aromatic heterocycles. The summed E-state index contributed by atoms with van der Waals surface area (Å²) in [4.78, 5) is 61.8. The van der Waals surface area contributed by atoms with E-state index in [0.717, 1.165) is 37.2 Å². The van der Waals surface area contributed by atoms with Gasteiger partial charge in [-0.25, -0.2) is 4.79 Å². The van der Waals surface area contributed by atoms with Gasteiger partial charge in [0.25, 0.3) is 11.8 Å². The highest BCUT2D eigenvalue weighted by Gasteiger charge is 2.54. The standard InChI is InChI=1S/C23H30N6O7S2/c1-10(2)21(32)34-12(4)35-22(33)14-9-11(3)37-20-16(19(31)29(14)20)25-18(30)15(17-26-23(24)38-28-17)27-36-13-7-5-6-8-13/h9-13,16,20H,5-8H2,1-4H3,(H,25,30)(H2,24,26,28)/b27-15-/t11?,12?,16?,20-/m1/s1. The first-order chi connectivity index (χ1) is 18.0. The largest absolute Gasteiger partial charge is 0.425 e. The maximum absolute atomic E-state index is 13.2. The zero-order chi connectivity index (χ0) is 27.6. The number of carbonyl (C=O) groups excluding carboxylic acids is 4. The number of thioether (sulfide) groups is 1. The Labute approximate surface area is 227 Å². The van der Waals surface area contributed by atoms with Crippen molar-refractivity contribution in [2.75, 3.05) is 5.73 Å². The number of β-lactam (4-membered cyclic amide) rings is 1. The van der Waals surface area contributed by atoms with Crippen LogP contribution in [0.3, 0.4) is 0 Å². The molecule has 0 aromatic carbocycles. The highest BCUT2D eigenvalue weighted by Crippen LogP contribution is 2.41. The zero-order valence-electron chi connectivity index (χ0n) is 21.4. The minimum Gasteiger partial charge on any atom is -0.425 e. The summed E-state index contributed by atoms with van der Waals surface area (Å²) in [5.41, 5.74) is 5.54. The van der Waals surface area contributed by atoms with E-state index in [2.05, 4.69) is 19.8 Å². The molecule has 13 nitrogen and oxygen atoms in total. The Bertz CT molecular complexity index is 1160. The number of amides is 2. The van der Waals surface area contributed by atoms with Crippen LogP contribution in [0.5, 0.6) is 0 Å². The Balaban J connectivity index is 1.44. The van der Waals surface area contributed by atoms with Gasteiger partial charge in [-0.1, -0.05) is 19.0 Å². The van der Waals surface area contributed by atoms with Gasteiger partial charge >= 0.3 is 11.9 Å². The number of ether oxygens (including phenoxy) is 2. The molecule has 0 bridgehead atoms. The Morgan fingerprint density at radius 2 is 1.92 bits per heavy atom. The number of fused-ring (bicyclic) bond motifs is 1. The van der Waals surface area contributed by atoms with Gasteiger partial charge in [0.15, 0.2) is 5.13 Å². The van der Waals surface area contributed by atoms with Gasteiger partial charge in [-0.15, -0.1) is 11.8 Å². The second-order valence-electron chi connectivity index (χ2n) is 9.42. The summed E-state index contributed by atoms with van der Waals surface area (Å²) in [7, 11) is 0. The molecule has 3 heterocycles. The summed E-state index contributed by atoms with van der Waals surface area (Å²) in [6.45, 7) is 6.59. The Kier molecular flexibility index (Phi) is 8.55. The summed E-state index contributed by atoms with van der Waals surface area (Å²) in [6.07, 6.45) is 4.06. The van der Waals surface area contributed by atoms with Gasteiger partial charge in [0.05, 0.1) is 5.92 Å². The van der Waals surface area contributed by atoms with Crippen molar-refractivity contribution in [2.45, 2.75) is 82.4 Å². The number of anilines is 1. The molecule has 0 radical (unpaired) electrons. The molecule has 15 heteroatoms. The molecule has 1 saturated heterocycles. The van der Waals surface area contributed by atoms with Crippen LogP contribution in [0.25, 0.3) is 0 Å². The van der Waals surface area contributed by atoms with E-state index in [0.29, 0.717) is 0 Å². The topological polar surface area (TPSA) is 175 Å². The van der Waals surface area contributed by atoms with Gasteiger partial charge in [-0.05, 0) is 38.7 Å². The molecule has 38 heavy (non-hydrogen) atoms. The van der Waals surface area contributed by atoms with Crippen LogP contribution in [-0.4, -0.2) is 72.8 Å². The molecule has 3 N–H and O–H groups in total. The molecule has 3 aliphatic rings. The van der Waals surface area contributed by atoms with Gasteiger partial charge < -0.3 is 25.4 Å². The van der Waals surface area contributed by atoms with Gasteiger partial charge in [-0.3, -0.25) is 19.3 Å². The highest BCUT2D eigenvalue weighted by atomic mass is 32.2. The Morgan fingerprint density at radius 1 is 1.21 bits per heavy atom. The van der Waals surface area contributed by atoms with E-state index in [1.807, 2.05) is 6.92 Å². The number of rotatable bonds is 9. The number of aromatic nitrogens is 2. The molecular formula is C23H30N6O7S2. The van der Waals surface area contributed by atoms with Gasteiger partial charge in [-0.2, -0.15) is 9.36 Å². The number of nitrogens with zero attached hydrogens (tertiary/aromatic N) is 4. The van der Waals surface area contributed by atoms with Gasteiger partial charge in [0.1, 0.15) is 23.2 Å². The SMILES string of the molecule is CC(OC(=O)C1=CC(C)S[C@@H]2C(NC(=O)/C(=N\OC3CCCC3)c3nsc(N)n3)C(=O)N12)OC(=O)C(C)C. The minimum absolute atomic E-state index is 0.00499. The van der Waals surface area contributed by atoms with Crippen molar-refractivity contribution >= 4 is 57.9 Å². The van der Waals surface area contributed by atoms with Crippen LogP contribution < -0.4 is 11.1 Å². The fourth-order valence-electron chi connectivity index (χ4n) is 4.10. The van der Waals surface area contributed by atoms with Gasteiger partial charge in [0, 0.05) is 23.7 Å². The van der Waals surface area contributed by atoms with E-state index >= 15 is 0 Å². The molecular weight excluding hydrogens is 536 g/mol. The lowest BCUT2D eigenvalue weighted by molar-refractivity contribution is -0.186. The smallest absolute Gasteiger partial charge is 0.357 e. The van der Waals surface area contributed by atoms with Crippen LogP contribution in [0, 0.1) is 5.92 Å². The summed E-state index contributed by atoms with van der Waals surface area (Å²) in [5.74, 6) is -2.90. The minimum atomic E-state index is -1.13. The van der Waals surface area contributed by atoms with Gasteiger partial charge in [0.2, 0.25) is 17.8 Å². The van der Waals surface area contributed by atoms with Crippen LogP contribution in [0.15, 0.2) is 16.9 Å². The number of esters is 2. The van der Waals surface area contributed by atoms with Crippen LogP contribution in [0.2, 0.25) is 0 Å². The fourth-order valence-corrected chi connectivity index (χ4v) is 5.86. The van der Waals surface area contributed by atoms with E-state index in [4.69, 9.17) is 20.0 Å². The average Bonchev–Trinajstić information content (AvgIpc) is 3.53. The summed E-state index contributed by atoms with van der Waals surface area (Å²) in [5, 5.41) is 6.14. The monoisotopic (exact) mass is 566 g/mol. The molecule has 1 aliphatic carbocycles. The van der Waals surface area contributed by atoms with Crippen molar-refractivity contribution in [1.82, 2.24) is 19.6 Å². The first-order valence-corrected chi connectivity index (χ1v) is 14.0. The van der Waals surface area contributed by atoms with Crippen molar-refractivity contribution in [3.63, 3.8) is 0 Å². The molecule has 4 rings (SSSR count). The highest BCUT2D eigenvalue weighted by molar-refractivity contribution is 8.00. The molecule has 206 valence electrons. The lowest BCUT2D eigenvalue weighted by Gasteiger charge is -2.49. The third-order valence-electron chi connectivity index (χ3n) is 6.04. The first-order valence-electron chi connectivity index (χ1n) is 12.3. The number of nitrogen functional groups attached to an aromatic ring is 1. The molecule has 2 aliphatic heterocycles. The number of nitrogens with one attached hydrogen (secondary N) is 1. The molecule has 1 aromatic rings. The van der Waals surface area contributed by atoms with E-state index in [1.165, 1.54) is 23.6 Å². The summed E-state index contributed by atoms with van der Waals surface area (Å²) < 4.78 is 14.4. The predicted molar refractivity (Wildman–Crippen MR) is 138 cm³/mol. The molecule has 0 spiro atoms. The Hall–Kier alpha value is -3.20.